The van der Waals surface area contributed by atoms with Crippen molar-refractivity contribution in [1.29, 1.82) is 0 Å². The first-order chi connectivity index (χ1) is 15.0. The lowest BCUT2D eigenvalue weighted by Gasteiger charge is -2.10. The Morgan fingerprint density at radius 2 is 1.94 bits per heavy atom. The van der Waals surface area contributed by atoms with E-state index in [2.05, 4.69) is 9.97 Å². The molecule has 0 aliphatic heterocycles. The second kappa shape index (κ2) is 7.14. The molecule has 0 amide bonds. The van der Waals surface area contributed by atoms with Crippen molar-refractivity contribution in [2.75, 3.05) is 5.73 Å². The molecular weight excluding hydrogens is 392 g/mol. The van der Waals surface area contributed by atoms with Crippen LogP contribution < -0.4 is 11.3 Å². The minimum atomic E-state index is -1.11. The Bertz CT molecular complexity index is 1530. The quantitative estimate of drug-likeness (QED) is 0.416. The van der Waals surface area contributed by atoms with Crippen LogP contribution in [0, 0.1) is 0 Å². The van der Waals surface area contributed by atoms with Crippen molar-refractivity contribution in [3.8, 4) is 11.1 Å². The highest BCUT2D eigenvalue weighted by Gasteiger charge is 2.26. The van der Waals surface area contributed by atoms with E-state index in [4.69, 9.17) is 5.73 Å². The number of rotatable bonds is 4. The molecule has 0 unspecified atom stereocenters. The lowest BCUT2D eigenvalue weighted by Crippen LogP contribution is -2.13. The standard InChI is InChI=1S/C24H18N4O3/c25-19-12-14(9-11-26-19)13-28-18-8-7-15-4-1-2-5-16(15)20(18)21(22(28)24(30)31)17-6-3-10-27-23(17)29/h1-12H,13H2,(H2,25,26)(H,27,29)(H,30,31). The zero-order valence-electron chi connectivity index (χ0n) is 16.4. The molecule has 5 rings (SSSR count). The summed E-state index contributed by atoms with van der Waals surface area (Å²) in [4.78, 5) is 31.9. The molecule has 7 heteroatoms. The molecule has 0 aliphatic carbocycles. The molecule has 3 aromatic heterocycles. The largest absolute Gasteiger partial charge is 0.477 e. The van der Waals surface area contributed by atoms with Crippen molar-refractivity contribution < 1.29 is 9.90 Å². The number of fused-ring (bicyclic) bond motifs is 3. The SMILES string of the molecule is Nc1cc(Cn2c(C(=O)O)c(-c3ccc[nH]c3=O)c3c4ccccc4ccc32)ccn1. The van der Waals surface area contributed by atoms with Gasteiger partial charge in [-0.15, -0.1) is 0 Å². The van der Waals surface area contributed by atoms with Gasteiger partial charge in [-0.1, -0.05) is 30.3 Å². The van der Waals surface area contributed by atoms with E-state index in [1.54, 1.807) is 35.0 Å². The number of nitrogen functional groups attached to an aromatic ring is 1. The highest BCUT2D eigenvalue weighted by molar-refractivity contribution is 6.18. The molecular formula is C24H18N4O3. The first-order valence-corrected chi connectivity index (χ1v) is 9.70. The van der Waals surface area contributed by atoms with Gasteiger partial charge in [0.2, 0.25) is 0 Å². The van der Waals surface area contributed by atoms with Gasteiger partial charge in [-0.25, -0.2) is 9.78 Å². The van der Waals surface area contributed by atoms with Crippen LogP contribution in [0.2, 0.25) is 0 Å². The minimum absolute atomic E-state index is 0.0541. The number of carbonyl (C=O) groups is 1. The molecule has 152 valence electrons. The maximum atomic E-state index is 12.7. The van der Waals surface area contributed by atoms with Gasteiger partial charge in [0.05, 0.1) is 11.1 Å². The number of carboxylic acid groups (broad SMARTS) is 1. The number of hydrogen-bond acceptors (Lipinski definition) is 4. The Balaban J connectivity index is 1.94. The predicted molar refractivity (Wildman–Crippen MR) is 120 cm³/mol. The van der Waals surface area contributed by atoms with Crippen LogP contribution in [-0.2, 0) is 6.54 Å². The number of pyridine rings is 2. The molecule has 0 saturated carbocycles. The third-order valence-corrected chi connectivity index (χ3v) is 5.43. The number of aromatic amines is 1. The number of aromatic nitrogens is 3. The van der Waals surface area contributed by atoms with Gasteiger partial charge in [-0.3, -0.25) is 4.79 Å². The predicted octanol–water partition coefficient (Wildman–Crippen LogP) is 3.87. The van der Waals surface area contributed by atoms with E-state index < -0.39 is 5.97 Å². The third-order valence-electron chi connectivity index (χ3n) is 5.43. The van der Waals surface area contributed by atoms with Gasteiger partial charge < -0.3 is 20.4 Å². The Labute approximate surface area is 176 Å². The van der Waals surface area contributed by atoms with Crippen molar-refractivity contribution in [3.63, 3.8) is 0 Å². The molecule has 3 heterocycles. The molecule has 0 radical (unpaired) electrons. The summed E-state index contributed by atoms with van der Waals surface area (Å²) in [6.45, 7) is 0.272. The van der Waals surface area contributed by atoms with Crippen molar-refractivity contribution in [3.05, 3.63) is 94.7 Å². The van der Waals surface area contributed by atoms with E-state index >= 15 is 0 Å². The summed E-state index contributed by atoms with van der Waals surface area (Å²) in [6, 6.07) is 18.5. The van der Waals surface area contributed by atoms with Crippen LogP contribution in [0.1, 0.15) is 16.1 Å². The highest BCUT2D eigenvalue weighted by Crippen LogP contribution is 2.38. The van der Waals surface area contributed by atoms with Crippen LogP contribution in [0.15, 0.2) is 77.9 Å². The molecule has 0 aliphatic rings. The van der Waals surface area contributed by atoms with Crippen molar-refractivity contribution in [1.82, 2.24) is 14.5 Å². The van der Waals surface area contributed by atoms with E-state index in [-0.39, 0.29) is 17.8 Å². The van der Waals surface area contributed by atoms with Crippen molar-refractivity contribution >= 4 is 33.5 Å². The molecule has 0 atom stereocenters. The molecule has 0 fully saturated rings. The Hall–Kier alpha value is -4.39. The molecule has 0 saturated heterocycles. The fourth-order valence-corrected chi connectivity index (χ4v) is 4.16. The van der Waals surface area contributed by atoms with Crippen LogP contribution in [0.5, 0.6) is 0 Å². The average Bonchev–Trinajstić information content (AvgIpc) is 3.09. The number of anilines is 1. The summed E-state index contributed by atoms with van der Waals surface area (Å²) in [5.74, 6) is -0.753. The van der Waals surface area contributed by atoms with E-state index in [1.165, 1.54) is 6.20 Å². The van der Waals surface area contributed by atoms with Crippen LogP contribution in [-0.4, -0.2) is 25.6 Å². The molecule has 5 aromatic rings. The topological polar surface area (TPSA) is 114 Å². The van der Waals surface area contributed by atoms with E-state index in [1.807, 2.05) is 36.4 Å². The Morgan fingerprint density at radius 3 is 2.71 bits per heavy atom. The lowest BCUT2D eigenvalue weighted by atomic mass is 9.98. The monoisotopic (exact) mass is 410 g/mol. The fraction of sp³-hybridized carbons (Fsp3) is 0.0417. The Morgan fingerprint density at radius 1 is 1.10 bits per heavy atom. The van der Waals surface area contributed by atoms with Crippen LogP contribution >= 0.6 is 0 Å². The van der Waals surface area contributed by atoms with Crippen molar-refractivity contribution in [2.24, 2.45) is 0 Å². The highest BCUT2D eigenvalue weighted by atomic mass is 16.4. The second-order valence-electron chi connectivity index (χ2n) is 7.30. The number of benzene rings is 2. The number of carboxylic acids is 1. The van der Waals surface area contributed by atoms with Gasteiger partial charge in [0.15, 0.2) is 0 Å². The number of nitrogens with one attached hydrogen (secondary N) is 1. The van der Waals surface area contributed by atoms with Gasteiger partial charge in [-0.2, -0.15) is 0 Å². The minimum Gasteiger partial charge on any atom is -0.477 e. The summed E-state index contributed by atoms with van der Waals surface area (Å²) in [5, 5.41) is 12.8. The molecule has 7 nitrogen and oxygen atoms in total. The molecule has 4 N–H and O–H groups in total. The fourth-order valence-electron chi connectivity index (χ4n) is 4.16. The molecule has 0 spiro atoms. The van der Waals surface area contributed by atoms with Gasteiger partial charge in [0.1, 0.15) is 11.5 Å². The van der Waals surface area contributed by atoms with E-state index in [0.717, 1.165) is 27.2 Å². The van der Waals surface area contributed by atoms with Crippen LogP contribution in [0.25, 0.3) is 32.8 Å². The summed E-state index contributed by atoms with van der Waals surface area (Å²) < 4.78 is 1.72. The smallest absolute Gasteiger partial charge is 0.353 e. The number of hydrogen-bond donors (Lipinski definition) is 3. The van der Waals surface area contributed by atoms with Gasteiger partial charge in [0.25, 0.3) is 5.56 Å². The Kier molecular flexibility index (Phi) is 4.29. The maximum Gasteiger partial charge on any atom is 0.353 e. The number of nitrogens with zero attached hydrogens (tertiary/aromatic N) is 2. The first kappa shape index (κ1) is 18.6. The average molecular weight is 410 g/mol. The lowest BCUT2D eigenvalue weighted by molar-refractivity contribution is 0.0687. The van der Waals surface area contributed by atoms with E-state index in [0.29, 0.717) is 16.9 Å². The molecule has 2 aromatic carbocycles. The summed E-state index contributed by atoms with van der Waals surface area (Å²) in [7, 11) is 0. The molecule has 0 bridgehead atoms. The number of H-pyrrole nitrogens is 1. The third kappa shape index (κ3) is 3.03. The summed E-state index contributed by atoms with van der Waals surface area (Å²) in [5.41, 5.74) is 7.80. The van der Waals surface area contributed by atoms with Gasteiger partial charge >= 0.3 is 5.97 Å². The summed E-state index contributed by atoms with van der Waals surface area (Å²) >= 11 is 0. The van der Waals surface area contributed by atoms with Gasteiger partial charge in [0, 0.05) is 29.9 Å². The molecule has 31 heavy (non-hydrogen) atoms. The zero-order valence-corrected chi connectivity index (χ0v) is 16.4. The number of aromatic carboxylic acids is 1. The summed E-state index contributed by atoms with van der Waals surface area (Å²) in [6.07, 6.45) is 3.12. The zero-order chi connectivity index (χ0) is 21.5. The van der Waals surface area contributed by atoms with Gasteiger partial charge in [-0.05, 0) is 46.7 Å². The van der Waals surface area contributed by atoms with Crippen LogP contribution in [0.4, 0.5) is 5.82 Å². The second-order valence-corrected chi connectivity index (χ2v) is 7.30. The number of nitrogens with two attached hydrogens (primary N) is 1. The first-order valence-electron chi connectivity index (χ1n) is 9.70. The maximum absolute atomic E-state index is 12.7. The van der Waals surface area contributed by atoms with Crippen LogP contribution in [0.3, 0.4) is 0 Å². The van der Waals surface area contributed by atoms with E-state index in [9.17, 15) is 14.7 Å². The van der Waals surface area contributed by atoms with Crippen molar-refractivity contribution in [2.45, 2.75) is 6.54 Å². The normalized spacial score (nSPS) is 11.2.